The average Bonchev–Trinajstić information content (AvgIpc) is 2.19. The van der Waals surface area contributed by atoms with Crippen molar-refractivity contribution in [1.82, 2.24) is 0 Å². The molecule has 0 heterocycles. The molecule has 0 aliphatic carbocycles. The lowest BCUT2D eigenvalue weighted by atomic mass is 10.1. The zero-order valence-electron chi connectivity index (χ0n) is 8.58. The first-order valence-electron chi connectivity index (χ1n) is 4.53. The molecule has 2 nitrogen and oxygen atoms in total. The number of aliphatic carboxylic acids is 1. The first kappa shape index (κ1) is 12.8. The van der Waals surface area contributed by atoms with Gasteiger partial charge in [-0.3, -0.25) is 0 Å². The summed E-state index contributed by atoms with van der Waals surface area (Å²) < 4.78 is 0. The number of carboxylic acids is 1. The van der Waals surface area contributed by atoms with E-state index in [1.807, 2.05) is 0 Å². The molecular weight excluding hydrogens is 247 g/mol. The quantitative estimate of drug-likeness (QED) is 0.655. The minimum Gasteiger partial charge on any atom is -0.478 e. The standard InChI is InChI=1S/C12H10Cl2O2/c1-8(6-12(15)16)2-3-9-4-5-10(13)11(14)7-9/h2-7H,1H3,(H,15,16)/b3-2+,8-6+. The SMILES string of the molecule is CC(/C=C/c1ccc(Cl)c(Cl)c1)=C\C(=O)O. The highest BCUT2D eigenvalue weighted by atomic mass is 35.5. The number of carboxylic acid groups (broad SMARTS) is 1. The summed E-state index contributed by atoms with van der Waals surface area (Å²) in [5.41, 5.74) is 1.52. The normalized spacial score (nSPS) is 12.1. The molecule has 0 unspecified atom stereocenters. The minimum atomic E-state index is -0.962. The van der Waals surface area contributed by atoms with Crippen LogP contribution in [0, 0.1) is 0 Å². The van der Waals surface area contributed by atoms with Crippen molar-refractivity contribution in [3.63, 3.8) is 0 Å². The van der Waals surface area contributed by atoms with E-state index < -0.39 is 5.97 Å². The molecule has 1 aromatic rings. The summed E-state index contributed by atoms with van der Waals surface area (Å²) in [6.07, 6.45) is 4.61. The van der Waals surface area contributed by atoms with Gasteiger partial charge in [0.15, 0.2) is 0 Å². The Bertz CT molecular complexity index is 462. The second kappa shape index (κ2) is 5.73. The van der Waals surface area contributed by atoms with Crippen LogP contribution in [-0.2, 0) is 4.79 Å². The maximum Gasteiger partial charge on any atom is 0.328 e. The van der Waals surface area contributed by atoms with E-state index in [1.54, 1.807) is 37.3 Å². The monoisotopic (exact) mass is 256 g/mol. The lowest BCUT2D eigenvalue weighted by Gasteiger charge is -1.97. The molecule has 0 spiro atoms. The van der Waals surface area contributed by atoms with Crippen molar-refractivity contribution in [2.45, 2.75) is 6.92 Å². The van der Waals surface area contributed by atoms with Crippen molar-refractivity contribution >= 4 is 35.2 Å². The van der Waals surface area contributed by atoms with Crippen LogP contribution < -0.4 is 0 Å². The molecule has 0 radical (unpaired) electrons. The highest BCUT2D eigenvalue weighted by Crippen LogP contribution is 2.23. The van der Waals surface area contributed by atoms with E-state index >= 15 is 0 Å². The average molecular weight is 257 g/mol. The van der Waals surface area contributed by atoms with Gasteiger partial charge in [0.1, 0.15) is 0 Å². The number of benzene rings is 1. The lowest BCUT2D eigenvalue weighted by Crippen LogP contribution is -1.87. The van der Waals surface area contributed by atoms with Crippen LogP contribution in [0.4, 0.5) is 0 Å². The minimum absolute atomic E-state index is 0.476. The molecule has 0 aliphatic rings. The van der Waals surface area contributed by atoms with Crippen molar-refractivity contribution in [1.29, 1.82) is 0 Å². The molecule has 0 bridgehead atoms. The van der Waals surface area contributed by atoms with E-state index in [4.69, 9.17) is 28.3 Å². The number of allylic oxidation sites excluding steroid dienone is 2. The Balaban J connectivity index is 2.84. The highest BCUT2D eigenvalue weighted by Gasteiger charge is 1.96. The van der Waals surface area contributed by atoms with Gasteiger partial charge in [0.05, 0.1) is 10.0 Å². The van der Waals surface area contributed by atoms with Crippen molar-refractivity contribution in [3.8, 4) is 0 Å². The van der Waals surface area contributed by atoms with E-state index in [0.29, 0.717) is 15.6 Å². The second-order valence-corrected chi connectivity index (χ2v) is 4.05. The van der Waals surface area contributed by atoms with Gasteiger partial charge in [-0.05, 0) is 30.2 Å². The van der Waals surface area contributed by atoms with Crippen LogP contribution in [0.1, 0.15) is 12.5 Å². The summed E-state index contributed by atoms with van der Waals surface area (Å²) in [5.74, 6) is -0.962. The molecule has 1 aromatic carbocycles. The lowest BCUT2D eigenvalue weighted by molar-refractivity contribution is -0.131. The predicted molar refractivity (Wildman–Crippen MR) is 66.9 cm³/mol. The molecule has 0 atom stereocenters. The highest BCUT2D eigenvalue weighted by molar-refractivity contribution is 6.42. The van der Waals surface area contributed by atoms with Gasteiger partial charge in [0.25, 0.3) is 0 Å². The van der Waals surface area contributed by atoms with Crippen LogP contribution in [0.3, 0.4) is 0 Å². The van der Waals surface area contributed by atoms with Gasteiger partial charge in [-0.2, -0.15) is 0 Å². The molecule has 84 valence electrons. The van der Waals surface area contributed by atoms with E-state index in [2.05, 4.69) is 0 Å². The summed E-state index contributed by atoms with van der Waals surface area (Å²) in [7, 11) is 0. The maximum absolute atomic E-state index is 10.4. The molecule has 0 aliphatic heterocycles. The fraction of sp³-hybridized carbons (Fsp3) is 0.0833. The third kappa shape index (κ3) is 4.09. The summed E-state index contributed by atoms with van der Waals surface area (Å²) in [4.78, 5) is 10.4. The van der Waals surface area contributed by atoms with Crippen LogP contribution in [-0.4, -0.2) is 11.1 Å². The van der Waals surface area contributed by atoms with Gasteiger partial charge in [0, 0.05) is 6.08 Å². The number of carbonyl (C=O) groups is 1. The van der Waals surface area contributed by atoms with Gasteiger partial charge in [0.2, 0.25) is 0 Å². The van der Waals surface area contributed by atoms with Crippen LogP contribution in [0.25, 0.3) is 6.08 Å². The Kier molecular flexibility index (Phi) is 4.59. The zero-order valence-corrected chi connectivity index (χ0v) is 10.1. The number of hydrogen-bond acceptors (Lipinski definition) is 1. The molecule has 1 rings (SSSR count). The van der Waals surface area contributed by atoms with Gasteiger partial charge < -0.3 is 5.11 Å². The van der Waals surface area contributed by atoms with Crippen LogP contribution >= 0.6 is 23.2 Å². The first-order valence-corrected chi connectivity index (χ1v) is 5.29. The number of hydrogen-bond donors (Lipinski definition) is 1. The summed E-state index contributed by atoms with van der Waals surface area (Å²) in [5, 5.41) is 9.49. The summed E-state index contributed by atoms with van der Waals surface area (Å²) in [6.45, 7) is 1.71. The largest absolute Gasteiger partial charge is 0.478 e. The maximum atomic E-state index is 10.4. The fourth-order valence-electron chi connectivity index (χ4n) is 1.09. The molecule has 0 saturated carbocycles. The molecule has 16 heavy (non-hydrogen) atoms. The van der Waals surface area contributed by atoms with Crippen LogP contribution in [0.5, 0.6) is 0 Å². The Morgan fingerprint density at radius 1 is 1.31 bits per heavy atom. The van der Waals surface area contributed by atoms with Crippen molar-refractivity contribution in [3.05, 3.63) is 51.5 Å². The number of rotatable bonds is 3. The first-order chi connectivity index (χ1) is 7.49. The van der Waals surface area contributed by atoms with E-state index in [9.17, 15) is 4.79 Å². The Labute approximate surface area is 104 Å². The van der Waals surface area contributed by atoms with E-state index in [1.165, 1.54) is 0 Å². The van der Waals surface area contributed by atoms with Crippen LogP contribution in [0.2, 0.25) is 10.0 Å². The van der Waals surface area contributed by atoms with E-state index in [0.717, 1.165) is 11.6 Å². The third-order valence-electron chi connectivity index (χ3n) is 1.83. The van der Waals surface area contributed by atoms with Gasteiger partial charge >= 0.3 is 5.97 Å². The summed E-state index contributed by atoms with van der Waals surface area (Å²) >= 11 is 11.6. The van der Waals surface area contributed by atoms with E-state index in [-0.39, 0.29) is 0 Å². The van der Waals surface area contributed by atoms with Gasteiger partial charge in [-0.1, -0.05) is 41.4 Å². The topological polar surface area (TPSA) is 37.3 Å². The molecular formula is C12H10Cl2O2. The molecule has 4 heteroatoms. The Hall–Kier alpha value is -1.25. The van der Waals surface area contributed by atoms with Crippen molar-refractivity contribution in [2.24, 2.45) is 0 Å². The number of halogens is 2. The molecule has 0 aromatic heterocycles. The van der Waals surface area contributed by atoms with Gasteiger partial charge in [-0.15, -0.1) is 0 Å². The van der Waals surface area contributed by atoms with Gasteiger partial charge in [-0.25, -0.2) is 4.79 Å². The smallest absolute Gasteiger partial charge is 0.328 e. The van der Waals surface area contributed by atoms with Crippen molar-refractivity contribution < 1.29 is 9.90 Å². The third-order valence-corrected chi connectivity index (χ3v) is 2.57. The predicted octanol–water partition coefficient (Wildman–Crippen LogP) is 4.04. The molecule has 0 amide bonds. The molecule has 0 saturated heterocycles. The second-order valence-electron chi connectivity index (χ2n) is 3.23. The Morgan fingerprint density at radius 3 is 2.56 bits per heavy atom. The molecule has 1 N–H and O–H groups in total. The summed E-state index contributed by atoms with van der Waals surface area (Å²) in [6, 6.07) is 5.22. The van der Waals surface area contributed by atoms with Crippen molar-refractivity contribution in [2.75, 3.05) is 0 Å². The zero-order chi connectivity index (χ0) is 12.1. The fourth-order valence-corrected chi connectivity index (χ4v) is 1.39. The Morgan fingerprint density at radius 2 is 2.00 bits per heavy atom. The van der Waals surface area contributed by atoms with Crippen LogP contribution in [0.15, 0.2) is 35.9 Å². The molecule has 0 fully saturated rings.